The van der Waals surface area contributed by atoms with Crippen molar-refractivity contribution in [1.29, 1.82) is 10.5 Å². The second kappa shape index (κ2) is 11.1. The molecule has 0 radical (unpaired) electrons. The lowest BCUT2D eigenvalue weighted by molar-refractivity contribution is -0.384. The molecule has 0 spiro atoms. The van der Waals surface area contributed by atoms with E-state index in [0.29, 0.717) is 27.4 Å². The van der Waals surface area contributed by atoms with Crippen molar-refractivity contribution < 1.29 is 9.72 Å². The number of thioether (sulfide) groups is 1. The highest BCUT2D eigenvalue weighted by Crippen LogP contribution is 2.36. The van der Waals surface area contributed by atoms with Crippen LogP contribution in [-0.2, 0) is 11.2 Å². The van der Waals surface area contributed by atoms with E-state index in [1.54, 1.807) is 13.0 Å². The number of aryl methyl sites for hydroxylation is 2. The third-order valence-corrected chi connectivity index (χ3v) is 6.32. The number of rotatable bonds is 8. The molecule has 0 aliphatic heterocycles. The number of pyridine rings is 1. The van der Waals surface area contributed by atoms with Gasteiger partial charge in [0.15, 0.2) is 0 Å². The van der Waals surface area contributed by atoms with E-state index in [4.69, 9.17) is 5.73 Å². The van der Waals surface area contributed by atoms with E-state index in [9.17, 15) is 25.4 Å². The Morgan fingerprint density at radius 1 is 1.17 bits per heavy atom. The van der Waals surface area contributed by atoms with Crippen molar-refractivity contribution in [2.45, 2.75) is 31.7 Å². The molecule has 0 aliphatic carbocycles. The molecule has 10 heteroatoms. The van der Waals surface area contributed by atoms with Crippen LogP contribution in [0.4, 0.5) is 17.2 Å². The van der Waals surface area contributed by atoms with Gasteiger partial charge in [-0.3, -0.25) is 14.9 Å². The second-order valence-electron chi connectivity index (χ2n) is 7.60. The Morgan fingerprint density at radius 2 is 1.86 bits per heavy atom. The molecule has 9 nitrogen and oxygen atoms in total. The summed E-state index contributed by atoms with van der Waals surface area (Å²) in [5.41, 5.74) is 9.58. The third-order valence-electron chi connectivity index (χ3n) is 5.34. The number of nitrogens with one attached hydrogen (secondary N) is 1. The Labute approximate surface area is 206 Å². The van der Waals surface area contributed by atoms with Gasteiger partial charge in [0.2, 0.25) is 5.91 Å². The fourth-order valence-electron chi connectivity index (χ4n) is 3.41. The Bertz CT molecular complexity index is 1370. The molecule has 0 bridgehead atoms. The van der Waals surface area contributed by atoms with Crippen molar-refractivity contribution in [1.82, 2.24) is 4.98 Å². The van der Waals surface area contributed by atoms with Crippen molar-refractivity contribution in [3.63, 3.8) is 0 Å². The number of carbonyl (C=O) groups excluding carboxylic acids is 1. The van der Waals surface area contributed by atoms with Crippen LogP contribution in [0, 0.1) is 39.7 Å². The van der Waals surface area contributed by atoms with Gasteiger partial charge >= 0.3 is 0 Å². The lowest BCUT2D eigenvalue weighted by Gasteiger charge is -2.13. The van der Waals surface area contributed by atoms with E-state index in [1.807, 2.05) is 31.2 Å². The number of hydrogen-bond acceptors (Lipinski definition) is 8. The van der Waals surface area contributed by atoms with Gasteiger partial charge in [0, 0.05) is 29.9 Å². The molecule has 2 aromatic carbocycles. The highest BCUT2D eigenvalue weighted by molar-refractivity contribution is 7.99. The molecule has 1 heterocycles. The summed E-state index contributed by atoms with van der Waals surface area (Å²) in [5.74, 6) is -0.0436. The van der Waals surface area contributed by atoms with Gasteiger partial charge < -0.3 is 11.1 Å². The van der Waals surface area contributed by atoms with Gasteiger partial charge in [-0.1, -0.05) is 37.3 Å². The summed E-state index contributed by atoms with van der Waals surface area (Å²) in [6.45, 7) is 3.78. The number of nitro groups is 1. The van der Waals surface area contributed by atoms with Crippen molar-refractivity contribution >= 4 is 34.9 Å². The monoisotopic (exact) mass is 486 g/mol. The van der Waals surface area contributed by atoms with E-state index < -0.39 is 4.92 Å². The maximum atomic E-state index is 12.5. The van der Waals surface area contributed by atoms with Crippen LogP contribution in [0.1, 0.15) is 35.6 Å². The summed E-state index contributed by atoms with van der Waals surface area (Å²) in [4.78, 5) is 27.2. The minimum absolute atomic E-state index is 0.0141. The zero-order valence-electron chi connectivity index (χ0n) is 19.2. The van der Waals surface area contributed by atoms with Crippen LogP contribution in [0.2, 0.25) is 0 Å². The highest BCUT2D eigenvalue weighted by Gasteiger charge is 2.21. The fourth-order valence-corrected chi connectivity index (χ4v) is 4.35. The number of nitrogens with two attached hydrogens (primary N) is 1. The van der Waals surface area contributed by atoms with E-state index in [1.165, 1.54) is 23.9 Å². The number of hydrogen-bond donors (Lipinski definition) is 2. The smallest absolute Gasteiger partial charge is 0.271 e. The van der Waals surface area contributed by atoms with Gasteiger partial charge in [0.25, 0.3) is 5.69 Å². The van der Waals surface area contributed by atoms with Crippen LogP contribution in [-0.4, -0.2) is 21.6 Å². The zero-order chi connectivity index (χ0) is 25.5. The van der Waals surface area contributed by atoms with Gasteiger partial charge in [-0.05, 0) is 30.0 Å². The average molecular weight is 487 g/mol. The number of non-ortho nitro benzene ring substituents is 1. The number of nitrogens with zero attached hydrogens (tertiary/aromatic N) is 4. The molecule has 176 valence electrons. The maximum Gasteiger partial charge on any atom is 0.271 e. The molecule has 0 atom stereocenters. The summed E-state index contributed by atoms with van der Waals surface area (Å²) in [6.07, 6.45) is 0.924. The molecule has 0 unspecified atom stereocenters. The van der Waals surface area contributed by atoms with Crippen LogP contribution in [0.3, 0.4) is 0 Å². The van der Waals surface area contributed by atoms with Gasteiger partial charge in [-0.15, -0.1) is 11.8 Å². The first-order valence-electron chi connectivity index (χ1n) is 10.7. The van der Waals surface area contributed by atoms with Crippen LogP contribution in [0.15, 0.2) is 47.5 Å². The first-order valence-corrected chi connectivity index (χ1v) is 11.7. The first kappa shape index (κ1) is 25.2. The number of carbonyl (C=O) groups is 1. The molecule has 3 aromatic rings. The number of benzene rings is 2. The zero-order valence-corrected chi connectivity index (χ0v) is 20.0. The second-order valence-corrected chi connectivity index (χ2v) is 8.69. The molecule has 0 saturated heterocycles. The lowest BCUT2D eigenvalue weighted by atomic mass is 9.96. The van der Waals surface area contributed by atoms with Crippen molar-refractivity contribution in [3.8, 4) is 23.3 Å². The molecule has 1 amide bonds. The summed E-state index contributed by atoms with van der Waals surface area (Å²) in [5, 5.41) is 33.6. The van der Waals surface area contributed by atoms with Gasteiger partial charge in [0.1, 0.15) is 28.5 Å². The molecular weight excluding hydrogens is 464 g/mol. The summed E-state index contributed by atoms with van der Waals surface area (Å²) in [7, 11) is 0. The van der Waals surface area contributed by atoms with Gasteiger partial charge in [0.05, 0.1) is 16.2 Å². The van der Waals surface area contributed by atoms with Gasteiger partial charge in [-0.25, -0.2) is 4.98 Å². The van der Waals surface area contributed by atoms with Crippen LogP contribution in [0.25, 0.3) is 11.1 Å². The largest absolute Gasteiger partial charge is 0.383 e. The third kappa shape index (κ3) is 5.75. The Hall–Kier alpha value is -4.41. The number of amides is 1. The van der Waals surface area contributed by atoms with Crippen molar-refractivity contribution in [2.75, 3.05) is 16.8 Å². The average Bonchev–Trinajstić information content (AvgIpc) is 2.85. The first-order chi connectivity index (χ1) is 16.8. The van der Waals surface area contributed by atoms with Gasteiger partial charge in [-0.2, -0.15) is 10.5 Å². The van der Waals surface area contributed by atoms with Crippen LogP contribution in [0.5, 0.6) is 0 Å². The molecule has 3 rings (SSSR count). The number of nitrogen functional groups attached to an aromatic ring is 1. The number of aromatic nitrogens is 1. The molecule has 0 saturated carbocycles. The normalized spacial score (nSPS) is 10.3. The van der Waals surface area contributed by atoms with E-state index >= 15 is 0 Å². The minimum Gasteiger partial charge on any atom is -0.383 e. The lowest BCUT2D eigenvalue weighted by Crippen LogP contribution is -2.13. The Balaban J connectivity index is 1.81. The topological polar surface area (TPSA) is 159 Å². The molecule has 0 fully saturated rings. The van der Waals surface area contributed by atoms with Crippen molar-refractivity contribution in [2.24, 2.45) is 0 Å². The number of anilines is 2. The number of nitriles is 2. The molecular formula is C25H22N6O3S. The molecule has 1 aromatic heterocycles. The quantitative estimate of drug-likeness (QED) is 0.256. The summed E-state index contributed by atoms with van der Waals surface area (Å²) < 4.78 is 0. The number of nitro benzene ring substituents is 1. The van der Waals surface area contributed by atoms with E-state index in [0.717, 1.165) is 12.0 Å². The fraction of sp³-hybridized carbons (Fsp3) is 0.200. The van der Waals surface area contributed by atoms with E-state index in [-0.39, 0.29) is 40.7 Å². The highest BCUT2D eigenvalue weighted by atomic mass is 32.2. The summed E-state index contributed by atoms with van der Waals surface area (Å²) >= 11 is 1.18. The van der Waals surface area contributed by atoms with E-state index in [2.05, 4.69) is 22.4 Å². The standard InChI is InChI=1S/C25H22N6O3S/c1-3-16-5-7-17(8-6-16)23-19(13-26)24(28)30-25(20(23)14-27)35-11-10-22(32)29-21-12-18(31(33)34)9-4-15(21)2/h4-9,12H,3,10-11H2,1-2H3,(H2,28,30)(H,29,32). The maximum absolute atomic E-state index is 12.5. The van der Waals surface area contributed by atoms with Crippen LogP contribution < -0.4 is 11.1 Å². The Morgan fingerprint density at radius 3 is 2.46 bits per heavy atom. The van der Waals surface area contributed by atoms with Crippen molar-refractivity contribution in [3.05, 3.63) is 74.8 Å². The minimum atomic E-state index is -0.525. The van der Waals surface area contributed by atoms with Crippen LogP contribution >= 0.6 is 11.8 Å². The Kier molecular flexibility index (Phi) is 8.03. The predicted octanol–water partition coefficient (Wildman–Crippen LogP) is 4.97. The predicted molar refractivity (Wildman–Crippen MR) is 135 cm³/mol. The molecule has 0 aliphatic rings. The SMILES string of the molecule is CCc1ccc(-c2c(C#N)c(N)nc(SCCC(=O)Nc3cc([N+](=O)[O-])ccc3C)c2C#N)cc1. The molecule has 35 heavy (non-hydrogen) atoms. The molecule has 3 N–H and O–H groups in total. The summed E-state index contributed by atoms with van der Waals surface area (Å²) in [6, 6.07) is 16.0.